The van der Waals surface area contributed by atoms with Gasteiger partial charge >= 0.3 is 0 Å². The molecule has 3 heterocycles. The zero-order valence-corrected chi connectivity index (χ0v) is 17.3. The van der Waals surface area contributed by atoms with Crippen molar-refractivity contribution >= 4 is 40.8 Å². The summed E-state index contributed by atoms with van der Waals surface area (Å²) in [5.41, 5.74) is 1.85. The largest absolute Gasteiger partial charge is 0.359 e. The molecular formula is C21H22ClN5O3. The molecule has 1 fully saturated rings. The van der Waals surface area contributed by atoms with E-state index in [0.717, 1.165) is 5.56 Å². The molecule has 1 atom stereocenters. The second kappa shape index (κ2) is 8.31. The van der Waals surface area contributed by atoms with Gasteiger partial charge in [0.2, 0.25) is 11.8 Å². The van der Waals surface area contributed by atoms with E-state index in [-0.39, 0.29) is 30.2 Å². The number of anilines is 2. The molecular weight excluding hydrogens is 406 g/mol. The minimum absolute atomic E-state index is 0.0899. The first-order valence-corrected chi connectivity index (χ1v) is 10.1. The SMILES string of the molecule is CN1CC(CNC(=O)c2cnc3c(c2)N(Cc2ccc(Cl)cc2)C(=O)CN3)CC1=O. The quantitative estimate of drug-likeness (QED) is 0.760. The minimum atomic E-state index is -0.281. The number of pyridine rings is 1. The Morgan fingerprint density at radius 1 is 1.27 bits per heavy atom. The number of hydrogen-bond donors (Lipinski definition) is 2. The zero-order chi connectivity index (χ0) is 21.3. The topological polar surface area (TPSA) is 94.6 Å². The van der Waals surface area contributed by atoms with Gasteiger partial charge < -0.3 is 20.4 Å². The molecule has 0 spiro atoms. The van der Waals surface area contributed by atoms with Crippen molar-refractivity contribution in [3.05, 3.63) is 52.7 Å². The van der Waals surface area contributed by atoms with E-state index in [0.29, 0.717) is 48.1 Å². The van der Waals surface area contributed by atoms with E-state index in [1.54, 1.807) is 35.0 Å². The van der Waals surface area contributed by atoms with Gasteiger partial charge in [0.05, 0.1) is 24.3 Å². The molecule has 0 saturated carbocycles. The van der Waals surface area contributed by atoms with E-state index in [1.165, 1.54) is 6.20 Å². The molecule has 9 heteroatoms. The van der Waals surface area contributed by atoms with Crippen LogP contribution < -0.4 is 15.5 Å². The van der Waals surface area contributed by atoms with Crippen LogP contribution in [0.3, 0.4) is 0 Å². The van der Waals surface area contributed by atoms with Gasteiger partial charge in [0.25, 0.3) is 5.91 Å². The molecule has 2 aliphatic heterocycles. The average molecular weight is 428 g/mol. The van der Waals surface area contributed by atoms with Crippen LogP contribution in [0.2, 0.25) is 5.02 Å². The molecule has 8 nitrogen and oxygen atoms in total. The van der Waals surface area contributed by atoms with Crippen LogP contribution in [0.5, 0.6) is 0 Å². The summed E-state index contributed by atoms with van der Waals surface area (Å²) >= 11 is 5.95. The average Bonchev–Trinajstić information content (AvgIpc) is 3.07. The molecule has 1 unspecified atom stereocenters. The Morgan fingerprint density at radius 2 is 2.03 bits per heavy atom. The third kappa shape index (κ3) is 4.23. The Labute approximate surface area is 179 Å². The first-order chi connectivity index (χ1) is 14.4. The Bertz CT molecular complexity index is 995. The fourth-order valence-corrected chi connectivity index (χ4v) is 3.81. The molecule has 0 bridgehead atoms. The zero-order valence-electron chi connectivity index (χ0n) is 16.5. The van der Waals surface area contributed by atoms with E-state index < -0.39 is 0 Å². The standard InChI is InChI=1S/C21H22ClN5O3/c1-26-11-14(6-18(26)28)8-25-21(30)15-7-17-20(23-9-15)24-10-19(29)27(17)12-13-2-4-16(22)5-3-13/h2-5,7,9,14H,6,8,10-12H2,1H3,(H,23,24)(H,25,30). The number of nitrogens with one attached hydrogen (secondary N) is 2. The number of nitrogens with zero attached hydrogens (tertiary/aromatic N) is 3. The van der Waals surface area contributed by atoms with Crippen LogP contribution in [0.15, 0.2) is 36.5 Å². The number of fused-ring (bicyclic) bond motifs is 1. The molecule has 0 radical (unpaired) electrons. The Hall–Kier alpha value is -3.13. The molecule has 2 N–H and O–H groups in total. The summed E-state index contributed by atoms with van der Waals surface area (Å²) in [4.78, 5) is 44.5. The summed E-state index contributed by atoms with van der Waals surface area (Å²) in [5.74, 6) is 0.359. The number of carbonyl (C=O) groups is 3. The lowest BCUT2D eigenvalue weighted by Gasteiger charge is -2.29. The Kier molecular flexibility index (Phi) is 5.59. The highest BCUT2D eigenvalue weighted by atomic mass is 35.5. The predicted molar refractivity (Wildman–Crippen MR) is 113 cm³/mol. The summed E-state index contributed by atoms with van der Waals surface area (Å²) in [6, 6.07) is 8.95. The number of likely N-dealkylation sites (tertiary alicyclic amines) is 1. The fraction of sp³-hybridized carbons (Fsp3) is 0.333. The molecule has 2 aromatic rings. The highest BCUT2D eigenvalue weighted by Crippen LogP contribution is 2.30. The van der Waals surface area contributed by atoms with Gasteiger partial charge in [-0.25, -0.2) is 4.98 Å². The van der Waals surface area contributed by atoms with E-state index in [2.05, 4.69) is 15.6 Å². The van der Waals surface area contributed by atoms with Crippen molar-refractivity contribution in [3.63, 3.8) is 0 Å². The normalized spacial score (nSPS) is 18.3. The smallest absolute Gasteiger partial charge is 0.252 e. The van der Waals surface area contributed by atoms with Crippen molar-refractivity contribution in [3.8, 4) is 0 Å². The number of rotatable bonds is 5. The summed E-state index contributed by atoms with van der Waals surface area (Å²) in [6.45, 7) is 1.54. The van der Waals surface area contributed by atoms with Gasteiger partial charge in [0.15, 0.2) is 5.82 Å². The molecule has 156 valence electrons. The lowest BCUT2D eigenvalue weighted by molar-refractivity contribution is -0.126. The van der Waals surface area contributed by atoms with Crippen molar-refractivity contribution in [2.75, 3.05) is 36.9 Å². The molecule has 4 rings (SSSR count). The first kappa shape index (κ1) is 20.2. The van der Waals surface area contributed by atoms with Gasteiger partial charge in [-0.15, -0.1) is 0 Å². The molecule has 0 aliphatic carbocycles. The fourth-order valence-electron chi connectivity index (χ4n) is 3.69. The van der Waals surface area contributed by atoms with Gasteiger partial charge in [0.1, 0.15) is 0 Å². The van der Waals surface area contributed by atoms with Gasteiger partial charge in [-0.1, -0.05) is 23.7 Å². The van der Waals surface area contributed by atoms with Crippen LogP contribution >= 0.6 is 11.6 Å². The van der Waals surface area contributed by atoms with Crippen LogP contribution in [-0.2, 0) is 16.1 Å². The van der Waals surface area contributed by atoms with Gasteiger partial charge in [-0.3, -0.25) is 14.4 Å². The summed E-state index contributed by atoms with van der Waals surface area (Å²) in [6.07, 6.45) is 1.93. The number of hydrogen-bond acceptors (Lipinski definition) is 5. The van der Waals surface area contributed by atoms with E-state index in [9.17, 15) is 14.4 Å². The number of carbonyl (C=O) groups excluding carboxylic acids is 3. The Balaban J connectivity index is 1.49. The number of benzene rings is 1. The molecule has 3 amide bonds. The molecule has 1 aromatic heterocycles. The molecule has 1 saturated heterocycles. The van der Waals surface area contributed by atoms with Crippen molar-refractivity contribution in [2.24, 2.45) is 5.92 Å². The predicted octanol–water partition coefficient (Wildman–Crippen LogP) is 1.90. The first-order valence-electron chi connectivity index (χ1n) is 9.71. The van der Waals surface area contributed by atoms with Crippen LogP contribution in [0.25, 0.3) is 0 Å². The number of halogens is 1. The van der Waals surface area contributed by atoms with Crippen molar-refractivity contribution in [1.29, 1.82) is 0 Å². The van der Waals surface area contributed by atoms with Crippen LogP contribution in [-0.4, -0.2) is 54.3 Å². The van der Waals surface area contributed by atoms with E-state index >= 15 is 0 Å². The Morgan fingerprint density at radius 3 is 2.73 bits per heavy atom. The maximum atomic E-state index is 12.6. The summed E-state index contributed by atoms with van der Waals surface area (Å²) in [7, 11) is 1.76. The third-order valence-corrected chi connectivity index (χ3v) is 5.61. The maximum absolute atomic E-state index is 12.6. The second-order valence-corrected chi connectivity index (χ2v) is 8.04. The third-order valence-electron chi connectivity index (χ3n) is 5.36. The number of aromatic nitrogens is 1. The summed E-state index contributed by atoms with van der Waals surface area (Å²) in [5, 5.41) is 6.49. The van der Waals surface area contributed by atoms with E-state index in [1.807, 2.05) is 12.1 Å². The van der Waals surface area contributed by atoms with Crippen molar-refractivity contribution in [2.45, 2.75) is 13.0 Å². The highest BCUT2D eigenvalue weighted by molar-refractivity contribution is 6.30. The lowest BCUT2D eigenvalue weighted by atomic mass is 10.1. The number of amides is 3. The van der Waals surface area contributed by atoms with Crippen LogP contribution in [0.1, 0.15) is 22.3 Å². The van der Waals surface area contributed by atoms with E-state index in [4.69, 9.17) is 11.6 Å². The van der Waals surface area contributed by atoms with Gasteiger partial charge in [0, 0.05) is 43.7 Å². The molecule has 2 aliphatic rings. The highest BCUT2D eigenvalue weighted by Gasteiger charge is 2.28. The molecule has 1 aromatic carbocycles. The van der Waals surface area contributed by atoms with Crippen LogP contribution in [0.4, 0.5) is 11.5 Å². The second-order valence-electron chi connectivity index (χ2n) is 7.61. The van der Waals surface area contributed by atoms with Crippen molar-refractivity contribution in [1.82, 2.24) is 15.2 Å². The van der Waals surface area contributed by atoms with Crippen molar-refractivity contribution < 1.29 is 14.4 Å². The monoisotopic (exact) mass is 427 g/mol. The van der Waals surface area contributed by atoms with Gasteiger partial charge in [-0.05, 0) is 23.8 Å². The minimum Gasteiger partial charge on any atom is -0.359 e. The molecule has 30 heavy (non-hydrogen) atoms. The van der Waals surface area contributed by atoms with Crippen LogP contribution in [0, 0.1) is 5.92 Å². The van der Waals surface area contributed by atoms with Gasteiger partial charge in [-0.2, -0.15) is 0 Å². The lowest BCUT2D eigenvalue weighted by Crippen LogP contribution is -2.40. The summed E-state index contributed by atoms with van der Waals surface area (Å²) < 4.78 is 0. The maximum Gasteiger partial charge on any atom is 0.252 e.